The Morgan fingerprint density at radius 2 is 1.96 bits per heavy atom. The van der Waals surface area contributed by atoms with E-state index in [9.17, 15) is 8.42 Å². The predicted octanol–water partition coefficient (Wildman–Crippen LogP) is 1.84. The van der Waals surface area contributed by atoms with Crippen LogP contribution in [0.15, 0.2) is 23.1 Å². The molecule has 0 unspecified atom stereocenters. The largest absolute Gasteiger partial charge is 0.314 e. The maximum absolute atomic E-state index is 12.9. The van der Waals surface area contributed by atoms with Crippen LogP contribution in [0.3, 0.4) is 0 Å². The minimum absolute atomic E-state index is 0.285. The van der Waals surface area contributed by atoms with Crippen LogP contribution in [0.25, 0.3) is 11.0 Å². The van der Waals surface area contributed by atoms with Crippen LogP contribution in [-0.2, 0) is 10.0 Å². The van der Waals surface area contributed by atoms with Gasteiger partial charge in [-0.05, 0) is 50.3 Å². The van der Waals surface area contributed by atoms with E-state index in [1.807, 2.05) is 0 Å². The molecule has 0 amide bonds. The van der Waals surface area contributed by atoms with Gasteiger partial charge in [0.2, 0.25) is 10.0 Å². The highest BCUT2D eigenvalue weighted by Gasteiger charge is 2.32. The highest BCUT2D eigenvalue weighted by Crippen LogP contribution is 2.29. The van der Waals surface area contributed by atoms with Crippen molar-refractivity contribution in [1.82, 2.24) is 18.4 Å². The van der Waals surface area contributed by atoms with Crippen LogP contribution in [0.5, 0.6) is 0 Å². The van der Waals surface area contributed by atoms with Gasteiger partial charge in [-0.15, -0.1) is 0 Å². The number of piperidine rings is 1. The molecular weight excluding hydrogens is 332 g/mol. The third-order valence-corrected chi connectivity index (χ3v) is 7.19. The lowest BCUT2D eigenvalue weighted by Gasteiger charge is -2.31. The predicted molar refractivity (Wildman–Crippen MR) is 89.9 cm³/mol. The van der Waals surface area contributed by atoms with E-state index in [0.29, 0.717) is 30.2 Å². The maximum Gasteiger partial charge on any atom is 0.245 e. The standard InChI is InChI=1S/C15H20N4O2S2/c20-23(21,14-3-1-2-13-15(14)18-22-17-13)19-8-6-12(7-9-19)16-10-11-4-5-11/h1-3,11-12,16H,4-10H2. The normalized spacial score (nSPS) is 21.0. The molecule has 0 atom stereocenters. The number of fused-ring (bicyclic) bond motifs is 1. The Hall–Kier alpha value is -1.09. The van der Waals surface area contributed by atoms with Crippen LogP contribution in [0.1, 0.15) is 25.7 Å². The van der Waals surface area contributed by atoms with Gasteiger partial charge in [0.05, 0.1) is 11.7 Å². The molecule has 2 aliphatic rings. The molecule has 4 rings (SSSR count). The molecule has 0 radical (unpaired) electrons. The molecule has 1 saturated heterocycles. The average molecular weight is 352 g/mol. The van der Waals surface area contributed by atoms with Crippen molar-refractivity contribution in [3.05, 3.63) is 18.2 Å². The van der Waals surface area contributed by atoms with E-state index in [1.165, 1.54) is 12.8 Å². The molecule has 1 N–H and O–H groups in total. The van der Waals surface area contributed by atoms with Gasteiger partial charge in [0.25, 0.3) is 0 Å². The van der Waals surface area contributed by atoms with E-state index in [4.69, 9.17) is 0 Å². The molecule has 1 saturated carbocycles. The third-order valence-electron chi connectivity index (χ3n) is 4.71. The first-order valence-electron chi connectivity index (χ1n) is 8.09. The molecule has 8 heteroatoms. The number of hydrogen-bond acceptors (Lipinski definition) is 6. The fourth-order valence-corrected chi connectivity index (χ4v) is 5.31. The van der Waals surface area contributed by atoms with Gasteiger partial charge >= 0.3 is 0 Å². The number of sulfonamides is 1. The number of benzene rings is 1. The third kappa shape index (κ3) is 3.13. The first-order valence-corrected chi connectivity index (χ1v) is 10.3. The molecular formula is C15H20N4O2S2. The Morgan fingerprint density at radius 3 is 2.70 bits per heavy atom. The van der Waals surface area contributed by atoms with Crippen molar-refractivity contribution >= 4 is 32.8 Å². The molecule has 2 heterocycles. The summed E-state index contributed by atoms with van der Waals surface area (Å²) >= 11 is 1.05. The van der Waals surface area contributed by atoms with Gasteiger partial charge in [0, 0.05) is 19.1 Å². The SMILES string of the molecule is O=S(=O)(c1cccc2nsnc12)N1CCC(NCC2CC2)CC1. The van der Waals surface area contributed by atoms with Gasteiger partial charge in [-0.2, -0.15) is 13.1 Å². The molecule has 6 nitrogen and oxygen atoms in total. The number of hydrogen-bond donors (Lipinski definition) is 1. The van der Waals surface area contributed by atoms with Crippen LogP contribution in [0.4, 0.5) is 0 Å². The summed E-state index contributed by atoms with van der Waals surface area (Å²) in [7, 11) is -3.49. The fourth-order valence-electron chi connectivity index (χ4n) is 3.08. The van der Waals surface area contributed by atoms with Crippen molar-refractivity contribution in [2.75, 3.05) is 19.6 Å². The summed E-state index contributed by atoms with van der Waals surface area (Å²) in [6.07, 6.45) is 4.42. The summed E-state index contributed by atoms with van der Waals surface area (Å²) in [6, 6.07) is 5.61. The summed E-state index contributed by atoms with van der Waals surface area (Å²) in [6.45, 7) is 2.22. The van der Waals surface area contributed by atoms with E-state index in [-0.39, 0.29) is 4.90 Å². The zero-order valence-electron chi connectivity index (χ0n) is 12.8. The van der Waals surface area contributed by atoms with Crippen LogP contribution >= 0.6 is 11.7 Å². The topological polar surface area (TPSA) is 75.2 Å². The Kier molecular flexibility index (Phi) is 4.08. The van der Waals surface area contributed by atoms with Crippen molar-refractivity contribution < 1.29 is 8.42 Å². The molecule has 2 fully saturated rings. The molecule has 23 heavy (non-hydrogen) atoms. The molecule has 1 aliphatic carbocycles. The monoisotopic (exact) mass is 352 g/mol. The van der Waals surface area contributed by atoms with Gasteiger partial charge in [0.15, 0.2) is 0 Å². The molecule has 124 valence electrons. The smallest absolute Gasteiger partial charge is 0.245 e. The molecule has 1 aromatic heterocycles. The number of nitrogens with one attached hydrogen (secondary N) is 1. The molecule has 1 aliphatic heterocycles. The minimum Gasteiger partial charge on any atom is -0.314 e. The second kappa shape index (κ2) is 6.08. The van der Waals surface area contributed by atoms with Crippen LogP contribution in [0.2, 0.25) is 0 Å². The highest BCUT2D eigenvalue weighted by molar-refractivity contribution is 7.89. The fraction of sp³-hybridized carbons (Fsp3) is 0.600. The second-order valence-corrected chi connectivity index (χ2v) is 8.85. The Balaban J connectivity index is 1.48. The highest BCUT2D eigenvalue weighted by atomic mass is 32.2. The van der Waals surface area contributed by atoms with Crippen LogP contribution in [-0.4, -0.2) is 47.1 Å². The summed E-state index contributed by atoms with van der Waals surface area (Å²) < 4.78 is 35.7. The van der Waals surface area contributed by atoms with Gasteiger partial charge in [-0.1, -0.05) is 6.07 Å². The average Bonchev–Trinajstić information content (AvgIpc) is 3.27. The van der Waals surface area contributed by atoms with Crippen LogP contribution < -0.4 is 5.32 Å². The first kappa shape index (κ1) is 15.4. The van der Waals surface area contributed by atoms with Gasteiger partial charge in [-0.3, -0.25) is 0 Å². The van der Waals surface area contributed by atoms with Crippen molar-refractivity contribution in [3.63, 3.8) is 0 Å². The summed E-state index contributed by atoms with van der Waals surface area (Å²) in [5, 5.41) is 3.58. The van der Waals surface area contributed by atoms with E-state index in [2.05, 4.69) is 14.1 Å². The Bertz CT molecular complexity index is 793. The van der Waals surface area contributed by atoms with Gasteiger partial charge in [0.1, 0.15) is 15.9 Å². The Morgan fingerprint density at radius 1 is 1.17 bits per heavy atom. The first-order chi connectivity index (χ1) is 11.1. The van der Waals surface area contributed by atoms with Gasteiger partial charge < -0.3 is 5.32 Å². The van der Waals surface area contributed by atoms with Gasteiger partial charge in [-0.25, -0.2) is 8.42 Å². The lowest BCUT2D eigenvalue weighted by molar-refractivity contribution is 0.288. The zero-order valence-corrected chi connectivity index (χ0v) is 14.4. The van der Waals surface area contributed by atoms with E-state index < -0.39 is 10.0 Å². The van der Waals surface area contributed by atoms with Crippen molar-refractivity contribution in [1.29, 1.82) is 0 Å². The van der Waals surface area contributed by atoms with Crippen LogP contribution in [0, 0.1) is 5.92 Å². The van der Waals surface area contributed by atoms with Crippen molar-refractivity contribution in [3.8, 4) is 0 Å². The quantitative estimate of drug-likeness (QED) is 0.889. The molecule has 2 aromatic rings. The maximum atomic E-state index is 12.9. The zero-order chi connectivity index (χ0) is 15.9. The molecule has 0 bridgehead atoms. The van der Waals surface area contributed by atoms with Crippen molar-refractivity contribution in [2.24, 2.45) is 5.92 Å². The summed E-state index contributed by atoms with van der Waals surface area (Å²) in [4.78, 5) is 0.285. The summed E-state index contributed by atoms with van der Waals surface area (Å²) in [5.74, 6) is 0.853. The van der Waals surface area contributed by atoms with E-state index in [0.717, 1.165) is 37.0 Å². The second-order valence-electron chi connectivity index (χ2n) is 6.42. The number of rotatable bonds is 5. The lowest BCUT2D eigenvalue weighted by Crippen LogP contribution is -2.45. The minimum atomic E-state index is -3.49. The number of aromatic nitrogens is 2. The summed E-state index contributed by atoms with van der Waals surface area (Å²) in [5.41, 5.74) is 1.14. The molecule has 1 aromatic carbocycles. The Labute approximate surface area is 140 Å². The molecule has 0 spiro atoms. The van der Waals surface area contributed by atoms with E-state index in [1.54, 1.807) is 22.5 Å². The van der Waals surface area contributed by atoms with E-state index >= 15 is 0 Å². The van der Waals surface area contributed by atoms with Crippen molar-refractivity contribution in [2.45, 2.75) is 36.6 Å². The lowest BCUT2D eigenvalue weighted by atomic mass is 10.1. The number of nitrogens with zero attached hydrogens (tertiary/aromatic N) is 3.